The van der Waals surface area contributed by atoms with Crippen molar-refractivity contribution < 1.29 is 4.74 Å². The fourth-order valence-electron chi connectivity index (χ4n) is 5.57. The molecule has 2 aliphatic rings. The number of aromatic nitrogens is 4. The van der Waals surface area contributed by atoms with Gasteiger partial charge < -0.3 is 19.9 Å². The van der Waals surface area contributed by atoms with E-state index >= 15 is 0 Å². The molecule has 2 atom stereocenters. The zero-order chi connectivity index (χ0) is 28.2. The quantitative estimate of drug-likeness (QED) is 0.431. The number of anilines is 1. The zero-order valence-corrected chi connectivity index (χ0v) is 23.4. The fourth-order valence-corrected chi connectivity index (χ4v) is 5.57. The molecular formula is C30H36N8O2. The van der Waals surface area contributed by atoms with Gasteiger partial charge in [0.2, 0.25) is 0 Å². The van der Waals surface area contributed by atoms with Gasteiger partial charge in [0.25, 0.3) is 5.56 Å². The Kier molecular flexibility index (Phi) is 8.24. The zero-order valence-electron chi connectivity index (χ0n) is 23.4. The van der Waals surface area contributed by atoms with Crippen LogP contribution in [0.25, 0.3) is 22.8 Å². The number of benzene rings is 1. The second kappa shape index (κ2) is 12.0. The normalized spacial score (nSPS) is 19.8. The molecule has 4 heterocycles. The molecule has 0 aliphatic carbocycles. The minimum atomic E-state index is -0.273. The third-order valence-electron chi connectivity index (χ3n) is 7.82. The molecule has 5 rings (SSSR count). The molecule has 1 aromatic carbocycles. The predicted molar refractivity (Wildman–Crippen MR) is 157 cm³/mol. The van der Waals surface area contributed by atoms with E-state index in [9.17, 15) is 10.1 Å². The Morgan fingerprint density at radius 2 is 2.08 bits per heavy atom. The van der Waals surface area contributed by atoms with E-state index in [1.165, 1.54) is 0 Å². The first kappa shape index (κ1) is 27.5. The van der Waals surface area contributed by atoms with Crippen molar-refractivity contribution in [3.63, 3.8) is 0 Å². The van der Waals surface area contributed by atoms with Crippen LogP contribution in [-0.2, 0) is 0 Å². The molecule has 2 aliphatic heterocycles. The molecule has 0 bridgehead atoms. The highest BCUT2D eigenvalue weighted by molar-refractivity contribution is 5.86. The number of hydrogen-bond acceptors (Lipinski definition) is 9. The van der Waals surface area contributed by atoms with E-state index in [1.807, 2.05) is 44.2 Å². The van der Waals surface area contributed by atoms with Crippen LogP contribution < -0.4 is 20.5 Å². The van der Waals surface area contributed by atoms with E-state index in [2.05, 4.69) is 39.8 Å². The summed E-state index contributed by atoms with van der Waals surface area (Å²) in [7, 11) is 2.09. The molecule has 2 fully saturated rings. The molecule has 0 radical (unpaired) electrons. The first-order valence-electron chi connectivity index (χ1n) is 13.8. The minimum Gasteiger partial charge on any atom is -0.462 e. The maximum absolute atomic E-state index is 14.2. The van der Waals surface area contributed by atoms with Crippen LogP contribution in [0.15, 0.2) is 41.7 Å². The lowest BCUT2D eigenvalue weighted by Crippen LogP contribution is -2.51. The summed E-state index contributed by atoms with van der Waals surface area (Å²) in [5.41, 5.74) is 3.07. The standard InChI is InChI=1S/C30H36N8O2/c1-5-6-9-22-10-7-12-25(20(22)2)38-21(3)33-26-27(29(38)39)34-30(40-19-24-11-8-16-36(24)4)35-28(26)37-17-15-32-23(18-37)13-14-31/h5-7,9-10,12,23-24,32H,1,8,11,13,15-19H2,2-4H3/b9-6-/t23-,24-/m0/s1. The van der Waals surface area contributed by atoms with Crippen LogP contribution in [0.4, 0.5) is 5.82 Å². The van der Waals surface area contributed by atoms with E-state index in [1.54, 1.807) is 10.6 Å². The highest BCUT2D eigenvalue weighted by Gasteiger charge is 2.27. The number of piperazine rings is 1. The summed E-state index contributed by atoms with van der Waals surface area (Å²) in [6.45, 7) is 11.0. The van der Waals surface area contributed by atoms with E-state index in [0.717, 1.165) is 36.2 Å². The van der Waals surface area contributed by atoms with Crippen molar-refractivity contribution in [2.45, 2.75) is 45.2 Å². The number of nitrogens with zero attached hydrogens (tertiary/aromatic N) is 7. The first-order valence-corrected chi connectivity index (χ1v) is 13.8. The smallest absolute Gasteiger partial charge is 0.319 e. The predicted octanol–water partition coefficient (Wildman–Crippen LogP) is 3.16. The average molecular weight is 541 g/mol. The molecule has 40 heavy (non-hydrogen) atoms. The fraction of sp³-hybridized carbons (Fsp3) is 0.433. The van der Waals surface area contributed by atoms with Crippen molar-refractivity contribution in [2.75, 3.05) is 44.7 Å². The van der Waals surface area contributed by atoms with E-state index < -0.39 is 0 Å². The van der Waals surface area contributed by atoms with Crippen molar-refractivity contribution in [1.82, 2.24) is 29.7 Å². The highest BCUT2D eigenvalue weighted by atomic mass is 16.5. The molecule has 10 nitrogen and oxygen atoms in total. The van der Waals surface area contributed by atoms with Gasteiger partial charge in [0.15, 0.2) is 11.3 Å². The van der Waals surface area contributed by atoms with Crippen LogP contribution >= 0.6 is 0 Å². The molecule has 0 amide bonds. The molecule has 10 heteroatoms. The number of fused-ring (bicyclic) bond motifs is 1. The molecule has 3 aromatic rings. The molecule has 1 N–H and O–H groups in total. The number of aryl methyl sites for hydroxylation is 1. The summed E-state index contributed by atoms with van der Waals surface area (Å²) in [6.07, 6.45) is 8.12. The number of likely N-dealkylation sites (N-methyl/N-ethyl adjacent to an activating group) is 1. The van der Waals surface area contributed by atoms with E-state index in [-0.39, 0.29) is 29.2 Å². The molecule has 0 unspecified atom stereocenters. The summed E-state index contributed by atoms with van der Waals surface area (Å²) in [4.78, 5) is 32.8. The molecule has 0 saturated carbocycles. The Morgan fingerprint density at radius 3 is 2.83 bits per heavy atom. The van der Waals surface area contributed by atoms with Crippen LogP contribution in [0.2, 0.25) is 0 Å². The average Bonchev–Trinajstić information content (AvgIpc) is 3.36. The van der Waals surface area contributed by atoms with Gasteiger partial charge in [-0.2, -0.15) is 15.2 Å². The van der Waals surface area contributed by atoms with Gasteiger partial charge in [-0.3, -0.25) is 9.36 Å². The van der Waals surface area contributed by atoms with Crippen LogP contribution in [-0.4, -0.2) is 76.3 Å². The van der Waals surface area contributed by atoms with Gasteiger partial charge >= 0.3 is 6.01 Å². The number of nitriles is 1. The van der Waals surface area contributed by atoms with Crippen LogP contribution in [0.1, 0.15) is 36.2 Å². The molecular weight excluding hydrogens is 504 g/mol. The number of allylic oxidation sites excluding steroid dienone is 2. The number of nitrogens with one attached hydrogen (secondary N) is 1. The third-order valence-corrected chi connectivity index (χ3v) is 7.82. The first-order chi connectivity index (χ1) is 19.4. The van der Waals surface area contributed by atoms with E-state index in [4.69, 9.17) is 14.7 Å². The van der Waals surface area contributed by atoms with Crippen LogP contribution in [0, 0.1) is 25.2 Å². The second-order valence-electron chi connectivity index (χ2n) is 10.5. The van der Waals surface area contributed by atoms with Crippen molar-refractivity contribution in [1.29, 1.82) is 5.26 Å². The Bertz CT molecular complexity index is 1540. The van der Waals surface area contributed by atoms with Crippen molar-refractivity contribution in [2.24, 2.45) is 0 Å². The number of ether oxygens (including phenoxy) is 1. The highest BCUT2D eigenvalue weighted by Crippen LogP contribution is 2.27. The summed E-state index contributed by atoms with van der Waals surface area (Å²) < 4.78 is 7.75. The minimum absolute atomic E-state index is 0.00394. The van der Waals surface area contributed by atoms with Gasteiger partial charge in [0.05, 0.1) is 18.2 Å². The Hall–Kier alpha value is -4.07. The third kappa shape index (κ3) is 5.48. The maximum Gasteiger partial charge on any atom is 0.319 e. The monoisotopic (exact) mass is 540 g/mol. The molecule has 2 aromatic heterocycles. The van der Waals surface area contributed by atoms with E-state index in [0.29, 0.717) is 49.8 Å². The van der Waals surface area contributed by atoms with Gasteiger partial charge in [-0.15, -0.1) is 0 Å². The van der Waals surface area contributed by atoms with Gasteiger partial charge in [0, 0.05) is 31.7 Å². The van der Waals surface area contributed by atoms with Crippen molar-refractivity contribution in [3.8, 4) is 17.8 Å². The SMILES string of the molecule is C=C/C=C\c1cccc(-n2c(C)nc3c(N4CCN[C@@H](CC#N)C4)nc(OC[C@@H]4CCCN4C)nc3c2=O)c1C. The van der Waals surface area contributed by atoms with Gasteiger partial charge in [-0.1, -0.05) is 36.9 Å². The Balaban J connectivity index is 1.64. The molecule has 208 valence electrons. The van der Waals surface area contributed by atoms with Crippen molar-refractivity contribution in [3.05, 3.63) is 64.2 Å². The summed E-state index contributed by atoms with van der Waals surface area (Å²) >= 11 is 0. The largest absolute Gasteiger partial charge is 0.462 e. The molecule has 0 spiro atoms. The van der Waals surface area contributed by atoms with Crippen LogP contribution in [0.5, 0.6) is 6.01 Å². The van der Waals surface area contributed by atoms with Gasteiger partial charge in [0.1, 0.15) is 17.9 Å². The number of hydrogen-bond donors (Lipinski definition) is 1. The second-order valence-corrected chi connectivity index (χ2v) is 10.5. The lowest BCUT2D eigenvalue weighted by molar-refractivity contribution is 0.188. The summed E-state index contributed by atoms with van der Waals surface area (Å²) in [6, 6.07) is 8.55. The van der Waals surface area contributed by atoms with Crippen LogP contribution in [0.3, 0.4) is 0 Å². The topological polar surface area (TPSA) is 112 Å². The number of rotatable bonds is 8. The summed E-state index contributed by atoms with van der Waals surface area (Å²) in [5, 5.41) is 12.7. The summed E-state index contributed by atoms with van der Waals surface area (Å²) in [5.74, 6) is 1.11. The number of likely N-dealkylation sites (tertiary alicyclic amines) is 1. The Morgan fingerprint density at radius 1 is 1.23 bits per heavy atom. The Labute approximate surface area is 234 Å². The lowest BCUT2D eigenvalue weighted by atomic mass is 10.1. The maximum atomic E-state index is 14.2. The van der Waals surface area contributed by atoms with Gasteiger partial charge in [-0.05, 0) is 57.5 Å². The lowest BCUT2D eigenvalue weighted by Gasteiger charge is -2.34. The van der Waals surface area contributed by atoms with Gasteiger partial charge in [-0.25, -0.2) is 4.98 Å². The van der Waals surface area contributed by atoms with Crippen molar-refractivity contribution >= 4 is 22.9 Å². The molecule has 2 saturated heterocycles.